The molecule has 1 unspecified atom stereocenters. The van der Waals surface area contributed by atoms with Gasteiger partial charge in [0, 0.05) is 25.6 Å². The summed E-state index contributed by atoms with van der Waals surface area (Å²) in [6.45, 7) is 3.09. The van der Waals surface area contributed by atoms with Gasteiger partial charge in [-0.1, -0.05) is 0 Å². The lowest BCUT2D eigenvalue weighted by molar-refractivity contribution is -0.145. The van der Waals surface area contributed by atoms with E-state index in [-0.39, 0.29) is 17.9 Å². The van der Waals surface area contributed by atoms with Crippen molar-refractivity contribution in [2.75, 3.05) is 13.1 Å². The molecule has 1 aliphatic rings. The lowest BCUT2D eigenvalue weighted by Crippen LogP contribution is -2.40. The van der Waals surface area contributed by atoms with E-state index in [0.29, 0.717) is 32.4 Å². The molecule has 0 bridgehead atoms. The van der Waals surface area contributed by atoms with Gasteiger partial charge in [-0.25, -0.2) is 0 Å². The maximum atomic E-state index is 11.8. The van der Waals surface area contributed by atoms with Crippen LogP contribution in [-0.2, 0) is 9.59 Å². The molecule has 0 radical (unpaired) electrons. The van der Waals surface area contributed by atoms with Gasteiger partial charge < -0.3 is 15.7 Å². The molecule has 0 aromatic carbocycles. The predicted octanol–water partition coefficient (Wildman–Crippen LogP) is 0.827. The van der Waals surface area contributed by atoms with E-state index in [0.717, 1.165) is 12.8 Å². The molecule has 1 rings (SSSR count). The Morgan fingerprint density at radius 2 is 2.00 bits per heavy atom. The molecular weight excluding hydrogens is 220 g/mol. The van der Waals surface area contributed by atoms with E-state index in [2.05, 4.69) is 0 Å². The Morgan fingerprint density at radius 1 is 1.41 bits per heavy atom. The van der Waals surface area contributed by atoms with Crippen LogP contribution in [0.3, 0.4) is 0 Å². The van der Waals surface area contributed by atoms with Crippen LogP contribution in [0.1, 0.15) is 39.0 Å². The van der Waals surface area contributed by atoms with E-state index in [1.165, 1.54) is 0 Å². The second-order valence-electron chi connectivity index (χ2n) is 4.86. The standard InChI is InChI=1S/C12H22N2O3/c1-9(13)3-2-4-11(15)14-7-5-10(6-8-14)12(16)17/h9-10H,2-8,13H2,1H3,(H,16,17). The van der Waals surface area contributed by atoms with Crippen molar-refractivity contribution in [3.8, 4) is 0 Å². The molecule has 5 heteroatoms. The highest BCUT2D eigenvalue weighted by Gasteiger charge is 2.26. The van der Waals surface area contributed by atoms with Crippen LogP contribution in [0.15, 0.2) is 0 Å². The van der Waals surface area contributed by atoms with Gasteiger partial charge >= 0.3 is 5.97 Å². The number of likely N-dealkylation sites (tertiary alicyclic amines) is 1. The van der Waals surface area contributed by atoms with Crippen molar-refractivity contribution in [3.63, 3.8) is 0 Å². The number of rotatable bonds is 5. The first-order valence-corrected chi connectivity index (χ1v) is 6.27. The second kappa shape index (κ2) is 6.59. The van der Waals surface area contributed by atoms with Crippen molar-refractivity contribution >= 4 is 11.9 Å². The van der Waals surface area contributed by atoms with Crippen LogP contribution >= 0.6 is 0 Å². The fourth-order valence-corrected chi connectivity index (χ4v) is 2.11. The number of nitrogens with two attached hydrogens (primary N) is 1. The molecule has 0 aliphatic carbocycles. The van der Waals surface area contributed by atoms with E-state index in [4.69, 9.17) is 10.8 Å². The summed E-state index contributed by atoms with van der Waals surface area (Å²) in [6.07, 6.45) is 3.36. The molecule has 0 saturated carbocycles. The Hall–Kier alpha value is -1.10. The Labute approximate surface area is 102 Å². The summed E-state index contributed by atoms with van der Waals surface area (Å²) in [7, 11) is 0. The number of carbonyl (C=O) groups is 2. The molecule has 5 nitrogen and oxygen atoms in total. The Kier molecular flexibility index (Phi) is 5.41. The average Bonchev–Trinajstić information content (AvgIpc) is 2.28. The number of aliphatic carboxylic acids is 1. The number of hydrogen-bond acceptors (Lipinski definition) is 3. The fourth-order valence-electron chi connectivity index (χ4n) is 2.11. The van der Waals surface area contributed by atoms with Crippen LogP contribution in [0.25, 0.3) is 0 Å². The van der Waals surface area contributed by atoms with Gasteiger partial charge in [-0.05, 0) is 32.6 Å². The topological polar surface area (TPSA) is 83.6 Å². The van der Waals surface area contributed by atoms with Gasteiger partial charge in [-0.3, -0.25) is 9.59 Å². The zero-order valence-electron chi connectivity index (χ0n) is 10.4. The number of carboxylic acids is 1. The molecule has 3 N–H and O–H groups in total. The number of nitrogens with zero attached hydrogens (tertiary/aromatic N) is 1. The summed E-state index contributed by atoms with van der Waals surface area (Å²) in [4.78, 5) is 24.3. The van der Waals surface area contributed by atoms with E-state index in [1.807, 2.05) is 6.92 Å². The molecular formula is C12H22N2O3. The highest BCUT2D eigenvalue weighted by molar-refractivity contribution is 5.77. The summed E-state index contributed by atoms with van der Waals surface area (Å²) < 4.78 is 0. The summed E-state index contributed by atoms with van der Waals surface area (Å²) >= 11 is 0. The highest BCUT2D eigenvalue weighted by atomic mass is 16.4. The van der Waals surface area contributed by atoms with Crippen molar-refractivity contribution in [3.05, 3.63) is 0 Å². The number of piperidine rings is 1. The average molecular weight is 242 g/mol. The largest absolute Gasteiger partial charge is 0.481 e. The monoisotopic (exact) mass is 242 g/mol. The van der Waals surface area contributed by atoms with Gasteiger partial charge in [0.05, 0.1) is 5.92 Å². The summed E-state index contributed by atoms with van der Waals surface area (Å²) in [5.74, 6) is -0.883. The molecule has 98 valence electrons. The number of carbonyl (C=O) groups excluding carboxylic acids is 1. The third kappa shape index (κ3) is 4.73. The Bertz CT molecular complexity index is 271. The fraction of sp³-hybridized carbons (Fsp3) is 0.833. The van der Waals surface area contributed by atoms with Crippen LogP contribution in [-0.4, -0.2) is 41.0 Å². The van der Waals surface area contributed by atoms with Crippen LogP contribution < -0.4 is 5.73 Å². The normalized spacial score (nSPS) is 19.1. The number of amides is 1. The zero-order valence-corrected chi connectivity index (χ0v) is 10.4. The summed E-state index contributed by atoms with van der Waals surface area (Å²) in [6, 6.07) is 0.139. The van der Waals surface area contributed by atoms with Crippen molar-refractivity contribution < 1.29 is 14.7 Å². The van der Waals surface area contributed by atoms with E-state index in [9.17, 15) is 9.59 Å². The third-order valence-electron chi connectivity index (χ3n) is 3.25. The number of carboxylic acid groups (broad SMARTS) is 1. The Balaban J connectivity index is 2.24. The first-order chi connectivity index (χ1) is 8.00. The van der Waals surface area contributed by atoms with Crippen molar-refractivity contribution in [1.29, 1.82) is 0 Å². The first kappa shape index (κ1) is 14.0. The van der Waals surface area contributed by atoms with Crippen LogP contribution in [0.5, 0.6) is 0 Å². The lowest BCUT2D eigenvalue weighted by atomic mass is 9.97. The minimum Gasteiger partial charge on any atom is -0.481 e. The van der Waals surface area contributed by atoms with E-state index < -0.39 is 5.97 Å². The quantitative estimate of drug-likeness (QED) is 0.748. The lowest BCUT2D eigenvalue weighted by Gasteiger charge is -2.30. The number of hydrogen-bond donors (Lipinski definition) is 2. The zero-order chi connectivity index (χ0) is 12.8. The van der Waals surface area contributed by atoms with Gasteiger partial charge in [0.1, 0.15) is 0 Å². The summed E-state index contributed by atoms with van der Waals surface area (Å²) in [5.41, 5.74) is 5.62. The molecule has 1 fully saturated rings. The second-order valence-corrected chi connectivity index (χ2v) is 4.86. The molecule has 0 aromatic rings. The molecule has 1 atom stereocenters. The van der Waals surface area contributed by atoms with Gasteiger partial charge in [0.2, 0.25) is 5.91 Å². The molecule has 1 aliphatic heterocycles. The van der Waals surface area contributed by atoms with Crippen molar-refractivity contribution in [1.82, 2.24) is 4.90 Å². The minimum absolute atomic E-state index is 0.134. The van der Waals surface area contributed by atoms with Crippen LogP contribution in [0, 0.1) is 5.92 Å². The third-order valence-corrected chi connectivity index (χ3v) is 3.25. The Morgan fingerprint density at radius 3 is 2.47 bits per heavy atom. The van der Waals surface area contributed by atoms with Gasteiger partial charge in [0.25, 0.3) is 0 Å². The van der Waals surface area contributed by atoms with Gasteiger partial charge in [-0.15, -0.1) is 0 Å². The molecule has 1 saturated heterocycles. The molecule has 0 spiro atoms. The van der Waals surface area contributed by atoms with Gasteiger partial charge in [0.15, 0.2) is 0 Å². The molecule has 0 aromatic heterocycles. The molecule has 17 heavy (non-hydrogen) atoms. The van der Waals surface area contributed by atoms with Gasteiger partial charge in [-0.2, -0.15) is 0 Å². The van der Waals surface area contributed by atoms with E-state index >= 15 is 0 Å². The first-order valence-electron chi connectivity index (χ1n) is 6.27. The smallest absolute Gasteiger partial charge is 0.306 e. The summed E-state index contributed by atoms with van der Waals surface area (Å²) in [5, 5.41) is 8.85. The van der Waals surface area contributed by atoms with Crippen LogP contribution in [0.2, 0.25) is 0 Å². The predicted molar refractivity (Wildman–Crippen MR) is 64.4 cm³/mol. The molecule has 1 heterocycles. The highest BCUT2D eigenvalue weighted by Crippen LogP contribution is 2.18. The van der Waals surface area contributed by atoms with Crippen LogP contribution in [0.4, 0.5) is 0 Å². The molecule has 1 amide bonds. The SMILES string of the molecule is CC(N)CCCC(=O)N1CCC(C(=O)O)CC1. The maximum absolute atomic E-state index is 11.8. The maximum Gasteiger partial charge on any atom is 0.306 e. The van der Waals surface area contributed by atoms with Crippen molar-refractivity contribution in [2.24, 2.45) is 11.7 Å². The van der Waals surface area contributed by atoms with Crippen molar-refractivity contribution in [2.45, 2.75) is 45.1 Å². The minimum atomic E-state index is -0.742. The van der Waals surface area contributed by atoms with E-state index in [1.54, 1.807) is 4.90 Å².